The maximum Gasteiger partial charge on any atom is 0.104 e. The molecule has 1 aliphatic heterocycles. The molecule has 118 valence electrons. The Labute approximate surface area is 140 Å². The minimum absolute atomic E-state index is 0.565. The Balaban J connectivity index is 2.18. The summed E-state index contributed by atoms with van der Waals surface area (Å²) < 4.78 is 0. The Morgan fingerprint density at radius 3 is 2.57 bits per heavy atom. The molecule has 0 amide bonds. The van der Waals surface area contributed by atoms with Crippen LogP contribution in [0.1, 0.15) is 36.6 Å². The SMILES string of the molecule is CC1=C(C)C(O)c2c(c(C)c3c([nH]c4ccc(Cl)cc43)c2C)N1. The first-order valence-electron chi connectivity index (χ1n) is 7.76. The molecule has 0 radical (unpaired) electrons. The zero-order valence-corrected chi connectivity index (χ0v) is 14.4. The van der Waals surface area contributed by atoms with Gasteiger partial charge in [-0.2, -0.15) is 0 Å². The van der Waals surface area contributed by atoms with Crippen LogP contribution >= 0.6 is 11.6 Å². The molecular formula is C19H19ClN2O. The molecule has 2 heterocycles. The van der Waals surface area contributed by atoms with Crippen LogP contribution in [0.15, 0.2) is 29.5 Å². The number of nitrogens with one attached hydrogen (secondary N) is 2. The zero-order chi connectivity index (χ0) is 16.5. The summed E-state index contributed by atoms with van der Waals surface area (Å²) in [4.78, 5) is 3.50. The van der Waals surface area contributed by atoms with Gasteiger partial charge in [-0.1, -0.05) is 11.6 Å². The number of aliphatic hydroxyl groups excluding tert-OH is 1. The molecule has 3 nitrogen and oxygen atoms in total. The Morgan fingerprint density at radius 2 is 1.83 bits per heavy atom. The summed E-state index contributed by atoms with van der Waals surface area (Å²) in [5, 5.41) is 17.3. The Morgan fingerprint density at radius 1 is 1.09 bits per heavy atom. The maximum absolute atomic E-state index is 10.8. The number of allylic oxidation sites excluding steroid dienone is 1. The van der Waals surface area contributed by atoms with Gasteiger partial charge < -0.3 is 15.4 Å². The molecule has 23 heavy (non-hydrogen) atoms. The van der Waals surface area contributed by atoms with Crippen LogP contribution in [0.4, 0.5) is 5.69 Å². The van der Waals surface area contributed by atoms with E-state index in [1.807, 2.05) is 32.0 Å². The lowest BCUT2D eigenvalue weighted by molar-refractivity contribution is 0.213. The molecule has 0 saturated carbocycles. The second kappa shape index (κ2) is 4.76. The highest BCUT2D eigenvalue weighted by Crippen LogP contribution is 2.45. The topological polar surface area (TPSA) is 48.0 Å². The van der Waals surface area contributed by atoms with Crippen LogP contribution in [-0.2, 0) is 0 Å². The predicted octanol–water partition coefficient (Wildman–Crippen LogP) is 5.34. The fourth-order valence-corrected chi connectivity index (χ4v) is 3.87. The van der Waals surface area contributed by atoms with Crippen molar-refractivity contribution in [1.29, 1.82) is 0 Å². The molecule has 1 atom stereocenters. The number of rotatable bonds is 0. The number of anilines is 1. The van der Waals surface area contributed by atoms with Crippen molar-refractivity contribution in [2.24, 2.45) is 0 Å². The number of halogens is 1. The third-order valence-electron chi connectivity index (χ3n) is 5.15. The molecular weight excluding hydrogens is 308 g/mol. The van der Waals surface area contributed by atoms with Gasteiger partial charge in [-0.25, -0.2) is 0 Å². The van der Waals surface area contributed by atoms with Crippen molar-refractivity contribution < 1.29 is 5.11 Å². The normalized spacial score (nSPS) is 17.7. The van der Waals surface area contributed by atoms with Gasteiger partial charge in [-0.05, 0) is 62.6 Å². The van der Waals surface area contributed by atoms with E-state index >= 15 is 0 Å². The number of aliphatic hydroxyl groups is 1. The number of hydrogen-bond acceptors (Lipinski definition) is 2. The van der Waals surface area contributed by atoms with Crippen molar-refractivity contribution in [1.82, 2.24) is 4.98 Å². The lowest BCUT2D eigenvalue weighted by Gasteiger charge is -2.29. The number of aromatic amines is 1. The Bertz CT molecular complexity index is 1010. The number of benzene rings is 2. The van der Waals surface area contributed by atoms with Crippen LogP contribution in [0.5, 0.6) is 0 Å². The van der Waals surface area contributed by atoms with E-state index in [9.17, 15) is 5.11 Å². The van der Waals surface area contributed by atoms with Crippen LogP contribution in [0.25, 0.3) is 21.8 Å². The van der Waals surface area contributed by atoms with Gasteiger partial charge in [0.2, 0.25) is 0 Å². The number of aryl methyl sites for hydroxylation is 2. The lowest BCUT2D eigenvalue weighted by atomic mass is 9.87. The van der Waals surface area contributed by atoms with E-state index in [1.165, 1.54) is 5.39 Å². The summed E-state index contributed by atoms with van der Waals surface area (Å²) in [5.74, 6) is 0. The average molecular weight is 327 g/mol. The number of hydrogen-bond donors (Lipinski definition) is 3. The second-order valence-electron chi connectivity index (χ2n) is 6.44. The largest absolute Gasteiger partial charge is 0.384 e. The summed E-state index contributed by atoms with van der Waals surface area (Å²) in [6.07, 6.45) is -0.565. The van der Waals surface area contributed by atoms with Crippen LogP contribution in [0.3, 0.4) is 0 Å². The second-order valence-corrected chi connectivity index (χ2v) is 6.88. The van der Waals surface area contributed by atoms with E-state index in [0.717, 1.165) is 55.1 Å². The Kier molecular flexibility index (Phi) is 3.03. The maximum atomic E-state index is 10.8. The fourth-order valence-electron chi connectivity index (χ4n) is 3.69. The fraction of sp³-hybridized carbons (Fsp3) is 0.263. The summed E-state index contributed by atoms with van der Waals surface area (Å²) in [7, 11) is 0. The van der Waals surface area contributed by atoms with E-state index in [4.69, 9.17) is 11.6 Å². The van der Waals surface area contributed by atoms with Gasteiger partial charge >= 0.3 is 0 Å². The predicted molar refractivity (Wildman–Crippen MR) is 97.2 cm³/mol. The summed E-state index contributed by atoms with van der Waals surface area (Å²) in [6, 6.07) is 5.91. The van der Waals surface area contributed by atoms with E-state index < -0.39 is 6.10 Å². The highest BCUT2D eigenvalue weighted by molar-refractivity contribution is 6.32. The molecule has 0 fully saturated rings. The van der Waals surface area contributed by atoms with Gasteiger partial charge in [0, 0.05) is 38.3 Å². The minimum atomic E-state index is -0.565. The zero-order valence-electron chi connectivity index (χ0n) is 13.6. The van der Waals surface area contributed by atoms with Gasteiger partial charge in [-0.15, -0.1) is 0 Å². The quantitative estimate of drug-likeness (QED) is 0.522. The molecule has 1 unspecified atom stereocenters. The molecule has 0 aliphatic carbocycles. The highest BCUT2D eigenvalue weighted by atomic mass is 35.5. The molecule has 4 heteroatoms. The van der Waals surface area contributed by atoms with Crippen LogP contribution in [-0.4, -0.2) is 10.1 Å². The van der Waals surface area contributed by atoms with Gasteiger partial charge in [0.15, 0.2) is 0 Å². The molecule has 3 N–H and O–H groups in total. The first kappa shape index (κ1) is 14.6. The summed E-state index contributed by atoms with van der Waals surface area (Å²) in [5.41, 5.74) is 8.34. The molecule has 0 saturated heterocycles. The lowest BCUT2D eigenvalue weighted by Crippen LogP contribution is -2.17. The van der Waals surface area contributed by atoms with E-state index in [1.54, 1.807) is 0 Å². The number of aromatic nitrogens is 1. The minimum Gasteiger partial charge on any atom is -0.384 e. The highest BCUT2D eigenvalue weighted by Gasteiger charge is 2.28. The molecule has 0 bridgehead atoms. The first-order chi connectivity index (χ1) is 10.9. The van der Waals surface area contributed by atoms with Crippen LogP contribution in [0.2, 0.25) is 5.02 Å². The summed E-state index contributed by atoms with van der Waals surface area (Å²) >= 11 is 6.20. The molecule has 1 aromatic heterocycles. The van der Waals surface area contributed by atoms with E-state index in [2.05, 4.69) is 24.1 Å². The monoisotopic (exact) mass is 326 g/mol. The molecule has 0 spiro atoms. The van der Waals surface area contributed by atoms with Crippen molar-refractivity contribution >= 4 is 39.1 Å². The number of H-pyrrole nitrogens is 1. The van der Waals surface area contributed by atoms with Crippen molar-refractivity contribution in [3.05, 3.63) is 51.2 Å². The molecule has 4 rings (SSSR count). The van der Waals surface area contributed by atoms with Gasteiger partial charge in [0.25, 0.3) is 0 Å². The van der Waals surface area contributed by atoms with Gasteiger partial charge in [0.1, 0.15) is 6.10 Å². The third kappa shape index (κ3) is 1.87. The smallest absolute Gasteiger partial charge is 0.104 e. The number of fused-ring (bicyclic) bond motifs is 4. The third-order valence-corrected chi connectivity index (χ3v) is 5.38. The van der Waals surface area contributed by atoms with Gasteiger partial charge in [-0.3, -0.25) is 0 Å². The summed E-state index contributed by atoms with van der Waals surface area (Å²) in [6.45, 7) is 8.14. The van der Waals surface area contributed by atoms with Crippen molar-refractivity contribution in [3.63, 3.8) is 0 Å². The standard InChI is InChI=1S/C19H19ClN2O/c1-8-11(4)21-18-9(2)15-13-7-12(20)5-6-14(13)22-17(15)10(3)16(18)19(8)23/h5-7,19,21-23H,1-4H3. The van der Waals surface area contributed by atoms with Crippen LogP contribution < -0.4 is 5.32 Å². The van der Waals surface area contributed by atoms with Crippen molar-refractivity contribution in [2.75, 3.05) is 5.32 Å². The van der Waals surface area contributed by atoms with Crippen molar-refractivity contribution in [3.8, 4) is 0 Å². The molecule has 2 aromatic carbocycles. The van der Waals surface area contributed by atoms with E-state index in [0.29, 0.717) is 0 Å². The molecule has 3 aromatic rings. The Hall–Kier alpha value is -1.97. The molecule has 1 aliphatic rings. The van der Waals surface area contributed by atoms with E-state index in [-0.39, 0.29) is 0 Å². The first-order valence-corrected chi connectivity index (χ1v) is 8.14. The van der Waals surface area contributed by atoms with Crippen molar-refractivity contribution in [2.45, 2.75) is 33.8 Å². The average Bonchev–Trinajstić information content (AvgIpc) is 2.89. The van der Waals surface area contributed by atoms with Crippen LogP contribution in [0, 0.1) is 13.8 Å². The van der Waals surface area contributed by atoms with Gasteiger partial charge in [0.05, 0.1) is 5.52 Å².